The fourth-order valence-electron chi connectivity index (χ4n) is 16.7. The summed E-state index contributed by atoms with van der Waals surface area (Å²) in [6.07, 6.45) is 0. The van der Waals surface area contributed by atoms with Crippen LogP contribution in [0.3, 0.4) is 0 Å². The van der Waals surface area contributed by atoms with Crippen LogP contribution in [0.4, 0.5) is 68.2 Å². The molecule has 0 saturated carbocycles. The topological polar surface area (TPSA) is 13.0 Å². The number of benzene rings is 15. The second-order valence-corrected chi connectivity index (χ2v) is 32.6. The molecule has 4 aliphatic heterocycles. The van der Waals surface area contributed by atoms with Crippen LogP contribution in [0.25, 0.3) is 44.5 Å². The van der Waals surface area contributed by atoms with Gasteiger partial charge in [0.15, 0.2) is 0 Å². The fraction of sp³-hybridized carbons (Fsp3) is 0.0816. The Hall–Kier alpha value is -11.7. The minimum absolute atomic E-state index is 0.0428. The lowest BCUT2D eigenvalue weighted by molar-refractivity contribution is 0.590. The molecule has 0 spiro atoms. The van der Waals surface area contributed by atoms with Gasteiger partial charge in [0, 0.05) is 93.3 Å². The highest BCUT2D eigenvalue weighted by Crippen LogP contribution is 2.54. The largest absolute Gasteiger partial charge is 0.311 e. The lowest BCUT2D eigenvalue weighted by Gasteiger charge is -2.44. The monoisotopic (exact) mass is 1390 g/mol. The van der Waals surface area contributed by atoms with Gasteiger partial charge in [-0.1, -0.05) is 325 Å². The van der Waals surface area contributed by atoms with Crippen molar-refractivity contribution in [1.29, 1.82) is 0 Å². The lowest BCUT2D eigenvalue weighted by Crippen LogP contribution is -2.64. The van der Waals surface area contributed by atoms with Crippen LogP contribution in [0.1, 0.15) is 52.7 Å². The molecule has 0 fully saturated rings. The predicted molar refractivity (Wildman–Crippen MR) is 455 cm³/mol. The van der Waals surface area contributed by atoms with Gasteiger partial charge in [0.1, 0.15) is 0 Å². The number of para-hydroxylation sites is 5. The molecule has 0 bridgehead atoms. The van der Waals surface area contributed by atoms with E-state index in [1.807, 2.05) is 23.5 Å². The van der Waals surface area contributed by atoms with Crippen molar-refractivity contribution in [2.45, 2.75) is 72.0 Å². The van der Waals surface area contributed by atoms with Crippen LogP contribution in [-0.2, 0) is 10.8 Å². The molecule has 0 atom stereocenters. The van der Waals surface area contributed by atoms with E-state index in [2.05, 4.69) is 413 Å². The number of fused-ring (bicyclic) bond motifs is 8. The predicted octanol–water partition coefficient (Wildman–Crippen LogP) is 23.4. The number of hydrogen-bond donors (Lipinski definition) is 0. The Balaban J connectivity index is 0.907. The zero-order chi connectivity index (χ0) is 71.4. The molecular weight excluding hydrogens is 1320 g/mol. The molecule has 15 aromatic carbocycles. The van der Waals surface area contributed by atoms with Gasteiger partial charge in [0.05, 0.1) is 5.69 Å². The molecule has 0 saturated heterocycles. The zero-order valence-corrected chi connectivity index (χ0v) is 61.9. The highest BCUT2D eigenvalue weighted by molar-refractivity contribution is 8.00. The summed E-state index contributed by atoms with van der Waals surface area (Å²) in [4.78, 5) is 15.2. The number of nitrogens with zero attached hydrogens (tertiary/aromatic N) is 4. The van der Waals surface area contributed by atoms with Gasteiger partial charge >= 0.3 is 0 Å². The van der Waals surface area contributed by atoms with Gasteiger partial charge in [0.2, 0.25) is 13.4 Å². The van der Waals surface area contributed by atoms with Crippen molar-refractivity contribution in [3.05, 3.63) is 363 Å². The van der Waals surface area contributed by atoms with Crippen LogP contribution < -0.4 is 52.4 Å². The Labute approximate surface area is 632 Å². The molecule has 0 amide bonds. The summed E-state index contributed by atoms with van der Waals surface area (Å²) in [6.45, 7) is 13.6. The van der Waals surface area contributed by atoms with Gasteiger partial charge in [-0.2, -0.15) is 0 Å². The Morgan fingerprint density at radius 1 is 0.255 bits per heavy atom. The zero-order valence-electron chi connectivity index (χ0n) is 60.2. The average Bonchev–Trinajstić information content (AvgIpc) is 0.689. The van der Waals surface area contributed by atoms with E-state index < -0.39 is 0 Å². The minimum atomic E-state index is -0.136. The van der Waals surface area contributed by atoms with Crippen LogP contribution in [0.5, 0.6) is 0 Å². The van der Waals surface area contributed by atoms with Crippen LogP contribution in [-0.4, -0.2) is 13.4 Å². The molecule has 15 aromatic rings. The fourth-order valence-corrected chi connectivity index (χ4v) is 19.1. The van der Waals surface area contributed by atoms with Gasteiger partial charge in [-0.05, 0) is 180 Å². The van der Waals surface area contributed by atoms with Crippen molar-refractivity contribution in [3.63, 3.8) is 0 Å². The normalized spacial score (nSPS) is 13.0. The van der Waals surface area contributed by atoms with Crippen LogP contribution in [0, 0.1) is 0 Å². The van der Waals surface area contributed by atoms with E-state index >= 15 is 0 Å². The maximum atomic E-state index is 2.73. The van der Waals surface area contributed by atoms with E-state index in [0.717, 1.165) is 79.1 Å². The van der Waals surface area contributed by atoms with Crippen molar-refractivity contribution in [1.82, 2.24) is 0 Å². The first-order chi connectivity index (χ1) is 51.8. The summed E-state index contributed by atoms with van der Waals surface area (Å²) >= 11 is 3.83. The molecule has 106 heavy (non-hydrogen) atoms. The maximum absolute atomic E-state index is 2.73. The van der Waals surface area contributed by atoms with Gasteiger partial charge in [0.25, 0.3) is 0 Å². The number of hydrogen-bond acceptors (Lipinski definition) is 6. The summed E-state index contributed by atoms with van der Waals surface area (Å²) in [5.74, 6) is 0. The lowest BCUT2D eigenvalue weighted by atomic mass is 9.31. The Bertz CT molecular complexity index is 5650. The molecule has 506 valence electrons. The van der Waals surface area contributed by atoms with E-state index in [0.29, 0.717) is 0 Å². The van der Waals surface area contributed by atoms with Crippen molar-refractivity contribution in [2.75, 3.05) is 19.6 Å². The summed E-state index contributed by atoms with van der Waals surface area (Å²) in [6, 6.07) is 132. The quantitative estimate of drug-likeness (QED) is 0.112. The molecule has 4 heterocycles. The summed E-state index contributed by atoms with van der Waals surface area (Å²) in [5.41, 5.74) is 33.1. The van der Waals surface area contributed by atoms with Gasteiger partial charge in [-0.15, -0.1) is 0 Å². The summed E-state index contributed by atoms with van der Waals surface area (Å²) < 4.78 is 0. The highest BCUT2D eigenvalue weighted by Gasteiger charge is 2.47. The second kappa shape index (κ2) is 26.2. The average molecular weight is 1400 g/mol. The number of rotatable bonds is 12. The molecule has 0 aromatic heterocycles. The van der Waals surface area contributed by atoms with Crippen molar-refractivity contribution < 1.29 is 0 Å². The smallest absolute Gasteiger partial charge is 0.249 e. The first-order valence-electron chi connectivity index (χ1n) is 36.9. The van der Waals surface area contributed by atoms with Crippen LogP contribution >= 0.6 is 23.5 Å². The maximum Gasteiger partial charge on any atom is 0.249 e. The number of anilines is 12. The van der Waals surface area contributed by atoms with Gasteiger partial charge < -0.3 is 19.6 Å². The van der Waals surface area contributed by atoms with Crippen molar-refractivity contribution in [2.24, 2.45) is 0 Å². The molecule has 19 rings (SSSR count). The Morgan fingerprint density at radius 3 is 1.15 bits per heavy atom. The van der Waals surface area contributed by atoms with E-state index in [1.54, 1.807) is 0 Å². The molecular formula is C98H76B2N4S2. The summed E-state index contributed by atoms with van der Waals surface area (Å²) in [5, 5.41) is 0. The molecule has 0 aliphatic carbocycles. The molecule has 0 N–H and O–H groups in total. The summed E-state index contributed by atoms with van der Waals surface area (Å²) in [7, 11) is 0. The molecule has 4 aliphatic rings. The van der Waals surface area contributed by atoms with Crippen LogP contribution in [0.2, 0.25) is 0 Å². The van der Waals surface area contributed by atoms with Crippen molar-refractivity contribution in [3.8, 4) is 44.5 Å². The third-order valence-corrected chi connectivity index (χ3v) is 24.1. The Morgan fingerprint density at radius 2 is 0.651 bits per heavy atom. The SMILES string of the molecule is CC(C)(C)c1ccc(-c2cccc(-c3ccc(C(C)(C)C)cc3)c2N2c3cc4c(cc3B3c5ccccc5Sc5cc(N(c6ccc(-c7ccccc7)cc6)c6ccc(-c7ccccc7)cc6)cc2c53)B2c3ccccc3N(c3ccccc3)c3cc(N(c5ccccc5)c5ccccc5)cc(c32)S4)cc1. The Kier molecular flexibility index (Phi) is 16.1. The first-order valence-corrected chi connectivity index (χ1v) is 38.6. The van der Waals surface area contributed by atoms with E-state index in [1.165, 1.54) is 97.1 Å². The molecule has 0 unspecified atom stereocenters. The van der Waals surface area contributed by atoms with E-state index in [-0.39, 0.29) is 24.3 Å². The van der Waals surface area contributed by atoms with Gasteiger partial charge in [-0.25, -0.2) is 0 Å². The molecule has 0 radical (unpaired) electrons. The van der Waals surface area contributed by atoms with E-state index in [9.17, 15) is 0 Å². The third-order valence-electron chi connectivity index (χ3n) is 21.9. The van der Waals surface area contributed by atoms with Crippen LogP contribution in [0.15, 0.2) is 371 Å². The highest BCUT2D eigenvalue weighted by atomic mass is 32.2. The third kappa shape index (κ3) is 11.4. The van der Waals surface area contributed by atoms with Crippen molar-refractivity contribution >= 4 is 138 Å². The molecule has 8 heteroatoms. The van der Waals surface area contributed by atoms with E-state index in [4.69, 9.17) is 0 Å². The second-order valence-electron chi connectivity index (χ2n) is 30.4. The first kappa shape index (κ1) is 65.1. The van der Waals surface area contributed by atoms with Gasteiger partial charge in [-0.3, -0.25) is 0 Å². The standard InChI is InChI=1S/C98H76B2N4S2/c1-97(2,3)71-51-43-69(44-52-71)80-37-26-38-81(70-45-53-72(54-46-70)98(4,5)6)96(80)104-87-64-91-85(99-82-39-22-24-41-86(82)103(75-35-20-11-21-36-75)88-59-78(62-93(106-91)94(88)99)101(73-31-16-9-17-32-73)74-33-18-10-19-34-74)63-84(87)100-83-40-23-25-42-90(83)105-92-61-79(60-89(104)95(92)100)102(76-55-47-67(48-56-76)65-27-12-7-13-28-65)77-57-49-68(50-58-77)66-29-14-8-15-30-66/h7-64H,1-6H3. The minimum Gasteiger partial charge on any atom is -0.311 e. The molecule has 4 nitrogen and oxygen atoms in total.